The van der Waals surface area contributed by atoms with Crippen molar-refractivity contribution in [2.75, 3.05) is 26.2 Å². The molecule has 0 amide bonds. The van der Waals surface area contributed by atoms with Crippen LogP contribution in [-0.4, -0.2) is 37.3 Å². The maximum absolute atomic E-state index is 12.6. The van der Waals surface area contributed by atoms with E-state index in [0.29, 0.717) is 5.92 Å². The summed E-state index contributed by atoms with van der Waals surface area (Å²) in [6.07, 6.45) is -4.69. The molecule has 0 bridgehead atoms. The molecule has 2 nitrogen and oxygen atoms in total. The Labute approximate surface area is 155 Å². The first-order valence-electron chi connectivity index (χ1n) is 7.98. The molecule has 7 heteroatoms. The van der Waals surface area contributed by atoms with Crippen molar-refractivity contribution in [1.29, 1.82) is 0 Å². The van der Waals surface area contributed by atoms with Gasteiger partial charge in [-0.3, -0.25) is 4.90 Å². The molecule has 0 saturated carbocycles. The van der Waals surface area contributed by atoms with Gasteiger partial charge in [-0.05, 0) is 23.5 Å². The second-order valence-electron chi connectivity index (χ2n) is 6.28. The number of piperazine rings is 1. The van der Waals surface area contributed by atoms with Crippen molar-refractivity contribution in [3.8, 4) is 0 Å². The highest BCUT2D eigenvalue weighted by atomic mass is 35.5. The highest BCUT2D eigenvalue weighted by Gasteiger charge is 2.31. The Morgan fingerprint density at radius 2 is 1.50 bits per heavy atom. The Morgan fingerprint density at radius 3 is 1.96 bits per heavy atom. The summed E-state index contributed by atoms with van der Waals surface area (Å²) < 4.78 is 37.9. The van der Waals surface area contributed by atoms with Crippen LogP contribution in [0.5, 0.6) is 0 Å². The van der Waals surface area contributed by atoms with Gasteiger partial charge in [0.2, 0.25) is 0 Å². The zero-order valence-electron chi connectivity index (χ0n) is 14.1. The summed E-state index contributed by atoms with van der Waals surface area (Å²) >= 11 is 0. The average molecular weight is 387 g/mol. The third-order valence-electron chi connectivity index (χ3n) is 4.28. The van der Waals surface area contributed by atoms with E-state index >= 15 is 0 Å². The normalized spacial score (nSPS) is 17.1. The zero-order valence-corrected chi connectivity index (χ0v) is 15.7. The molecule has 1 fully saturated rings. The molecule has 1 atom stereocenters. The maximum Gasteiger partial charge on any atom is 0.389 e. The number of alkyl halides is 3. The first-order chi connectivity index (χ1) is 10.4. The smallest absolute Gasteiger partial charge is 0.314 e. The molecule has 1 N–H and O–H groups in total. The molecule has 1 aromatic carbocycles. The fourth-order valence-electron chi connectivity index (χ4n) is 2.96. The highest BCUT2D eigenvalue weighted by Crippen LogP contribution is 2.32. The summed E-state index contributed by atoms with van der Waals surface area (Å²) in [4.78, 5) is 2.17. The van der Waals surface area contributed by atoms with E-state index < -0.39 is 12.6 Å². The lowest BCUT2D eigenvalue weighted by Crippen LogP contribution is -2.45. The van der Waals surface area contributed by atoms with Crippen molar-refractivity contribution in [1.82, 2.24) is 10.2 Å². The van der Waals surface area contributed by atoms with Gasteiger partial charge in [0.15, 0.2) is 0 Å². The van der Waals surface area contributed by atoms with Crippen LogP contribution in [0.4, 0.5) is 13.2 Å². The standard InChI is InChI=1S/C17H25F3N2.2ClH/c1-13(2)14-3-5-15(6-4-14)16(7-8-17(18,19)20)22-11-9-21-10-12-22;;/h3-6,13,16,21H,7-12H2,1-2H3;2*1H/t16-;;/m0../s1. The molecule has 1 aliphatic rings. The SMILES string of the molecule is CC(C)c1ccc([C@H](CCC(F)(F)F)N2CCNCC2)cc1.Cl.Cl. The largest absolute Gasteiger partial charge is 0.389 e. The summed E-state index contributed by atoms with van der Waals surface area (Å²) in [5, 5.41) is 3.25. The van der Waals surface area contributed by atoms with E-state index in [1.54, 1.807) is 0 Å². The molecular weight excluding hydrogens is 360 g/mol. The van der Waals surface area contributed by atoms with E-state index in [9.17, 15) is 13.2 Å². The van der Waals surface area contributed by atoms with Crippen molar-refractivity contribution >= 4 is 24.8 Å². The zero-order chi connectivity index (χ0) is 16.2. The quantitative estimate of drug-likeness (QED) is 0.770. The van der Waals surface area contributed by atoms with Gasteiger partial charge in [0.05, 0.1) is 0 Å². The Bertz CT molecular complexity index is 458. The van der Waals surface area contributed by atoms with Crippen LogP contribution in [0.2, 0.25) is 0 Å². The number of halogens is 5. The highest BCUT2D eigenvalue weighted by molar-refractivity contribution is 5.85. The van der Waals surface area contributed by atoms with Crippen LogP contribution >= 0.6 is 24.8 Å². The molecule has 140 valence electrons. The van der Waals surface area contributed by atoms with Gasteiger partial charge in [0.25, 0.3) is 0 Å². The van der Waals surface area contributed by atoms with Gasteiger partial charge in [-0.2, -0.15) is 13.2 Å². The molecule has 0 spiro atoms. The summed E-state index contributed by atoms with van der Waals surface area (Å²) in [7, 11) is 0. The summed E-state index contributed by atoms with van der Waals surface area (Å²) in [5.41, 5.74) is 2.22. The van der Waals surface area contributed by atoms with E-state index in [-0.39, 0.29) is 37.3 Å². The Balaban J connectivity index is 0.00000264. The van der Waals surface area contributed by atoms with E-state index in [1.807, 2.05) is 24.3 Å². The van der Waals surface area contributed by atoms with Crippen LogP contribution in [0.25, 0.3) is 0 Å². The summed E-state index contributed by atoms with van der Waals surface area (Å²) in [6, 6.07) is 7.94. The first kappa shape index (κ1) is 23.5. The second kappa shape index (κ2) is 10.5. The molecule has 0 aliphatic carbocycles. The molecule has 1 saturated heterocycles. The minimum Gasteiger partial charge on any atom is -0.314 e. The van der Waals surface area contributed by atoms with Crippen LogP contribution in [0.15, 0.2) is 24.3 Å². The third kappa shape index (κ3) is 7.18. The van der Waals surface area contributed by atoms with Gasteiger partial charge >= 0.3 is 6.18 Å². The van der Waals surface area contributed by atoms with Gasteiger partial charge < -0.3 is 5.32 Å². The van der Waals surface area contributed by atoms with E-state index in [0.717, 1.165) is 31.7 Å². The number of benzene rings is 1. The fraction of sp³-hybridized carbons (Fsp3) is 0.647. The minimum atomic E-state index is -4.09. The maximum atomic E-state index is 12.6. The van der Waals surface area contributed by atoms with Crippen molar-refractivity contribution < 1.29 is 13.2 Å². The Kier molecular flexibility index (Phi) is 10.3. The third-order valence-corrected chi connectivity index (χ3v) is 4.28. The molecule has 1 aliphatic heterocycles. The topological polar surface area (TPSA) is 15.3 Å². The van der Waals surface area contributed by atoms with Crippen molar-refractivity contribution in [2.24, 2.45) is 0 Å². The summed E-state index contributed by atoms with van der Waals surface area (Å²) in [6.45, 7) is 7.51. The van der Waals surface area contributed by atoms with Crippen LogP contribution in [0.1, 0.15) is 49.8 Å². The van der Waals surface area contributed by atoms with E-state index in [4.69, 9.17) is 0 Å². The lowest BCUT2D eigenvalue weighted by atomic mass is 9.95. The van der Waals surface area contributed by atoms with Gasteiger partial charge in [-0.25, -0.2) is 0 Å². The number of rotatable bonds is 5. The molecule has 2 rings (SSSR count). The predicted molar refractivity (Wildman–Crippen MR) is 97.5 cm³/mol. The minimum absolute atomic E-state index is 0. The van der Waals surface area contributed by atoms with Crippen LogP contribution in [0.3, 0.4) is 0 Å². The lowest BCUT2D eigenvalue weighted by molar-refractivity contribution is -0.138. The monoisotopic (exact) mass is 386 g/mol. The van der Waals surface area contributed by atoms with Gasteiger partial charge in [0, 0.05) is 38.6 Å². The van der Waals surface area contributed by atoms with Gasteiger partial charge in [-0.1, -0.05) is 38.1 Å². The molecular formula is C17H27Cl2F3N2. The Morgan fingerprint density at radius 1 is 1.00 bits per heavy atom. The van der Waals surface area contributed by atoms with Crippen LogP contribution < -0.4 is 5.32 Å². The lowest BCUT2D eigenvalue weighted by Gasteiger charge is -2.35. The van der Waals surface area contributed by atoms with Gasteiger partial charge in [0.1, 0.15) is 0 Å². The number of hydrogen-bond acceptors (Lipinski definition) is 2. The number of hydrogen-bond donors (Lipinski definition) is 1. The average Bonchev–Trinajstić information content (AvgIpc) is 2.48. The molecule has 0 aromatic heterocycles. The number of nitrogens with one attached hydrogen (secondary N) is 1. The van der Waals surface area contributed by atoms with Crippen molar-refractivity contribution in [2.45, 2.75) is 44.8 Å². The van der Waals surface area contributed by atoms with E-state index in [1.165, 1.54) is 5.56 Å². The molecule has 0 radical (unpaired) electrons. The first-order valence-corrected chi connectivity index (χ1v) is 7.98. The van der Waals surface area contributed by atoms with Crippen molar-refractivity contribution in [3.63, 3.8) is 0 Å². The second-order valence-corrected chi connectivity index (χ2v) is 6.28. The van der Waals surface area contributed by atoms with Crippen LogP contribution in [-0.2, 0) is 0 Å². The predicted octanol–water partition coefficient (Wildman–Crippen LogP) is 4.94. The number of nitrogens with zero attached hydrogens (tertiary/aromatic N) is 1. The van der Waals surface area contributed by atoms with Gasteiger partial charge in [-0.15, -0.1) is 24.8 Å². The van der Waals surface area contributed by atoms with Crippen LogP contribution in [0, 0.1) is 0 Å². The van der Waals surface area contributed by atoms with Crippen molar-refractivity contribution in [3.05, 3.63) is 35.4 Å². The fourth-order valence-corrected chi connectivity index (χ4v) is 2.96. The van der Waals surface area contributed by atoms with E-state index in [2.05, 4.69) is 24.1 Å². The Hall–Kier alpha value is -0.490. The molecule has 1 aromatic rings. The molecule has 0 unspecified atom stereocenters. The molecule has 24 heavy (non-hydrogen) atoms. The molecule has 1 heterocycles. The summed E-state index contributed by atoms with van der Waals surface area (Å²) in [5.74, 6) is 0.432.